The van der Waals surface area contributed by atoms with E-state index in [4.69, 9.17) is 4.74 Å². The van der Waals surface area contributed by atoms with Gasteiger partial charge < -0.3 is 10.1 Å². The van der Waals surface area contributed by atoms with Crippen molar-refractivity contribution in [2.45, 2.75) is 20.3 Å². The number of benzene rings is 1. The van der Waals surface area contributed by atoms with Gasteiger partial charge in [0, 0.05) is 12.6 Å². The minimum absolute atomic E-state index is 0.557. The van der Waals surface area contributed by atoms with Gasteiger partial charge in [0.25, 0.3) is 0 Å². The summed E-state index contributed by atoms with van der Waals surface area (Å²) in [5, 5.41) is 3.13. The predicted octanol–water partition coefficient (Wildman–Crippen LogP) is 3.26. The van der Waals surface area contributed by atoms with Crippen molar-refractivity contribution < 1.29 is 4.74 Å². The third kappa shape index (κ3) is 2.97. The molecule has 4 nitrogen and oxygen atoms in total. The normalized spacial score (nSPS) is 10.1. The molecule has 1 N–H and O–H groups in total. The molecule has 0 spiro atoms. The lowest BCUT2D eigenvalue weighted by Crippen LogP contribution is -2.00. The first kappa shape index (κ1) is 12.4. The molecular formula is C14H17N3O. The molecule has 1 heterocycles. The molecule has 0 atom stereocenters. The van der Waals surface area contributed by atoms with Crippen molar-refractivity contribution in [1.82, 2.24) is 9.97 Å². The van der Waals surface area contributed by atoms with Crippen molar-refractivity contribution in [3.05, 3.63) is 42.2 Å². The van der Waals surface area contributed by atoms with Gasteiger partial charge in [-0.3, -0.25) is 0 Å². The number of anilines is 1. The monoisotopic (exact) mass is 243 g/mol. The average molecular weight is 243 g/mol. The predicted molar refractivity (Wildman–Crippen MR) is 72.1 cm³/mol. The Bertz CT molecular complexity index is 514. The zero-order chi connectivity index (χ0) is 12.8. The third-order valence-corrected chi connectivity index (χ3v) is 2.57. The Labute approximate surface area is 107 Å². The van der Waals surface area contributed by atoms with Gasteiger partial charge in [0.1, 0.15) is 17.9 Å². The van der Waals surface area contributed by atoms with Gasteiger partial charge in [-0.15, -0.1) is 0 Å². The molecule has 0 amide bonds. The standard InChI is InChI=1S/C14H17N3O/c1-3-11-7-5-6-8-12(11)18-14-9-13(15-4-2)16-10-17-14/h5-10H,3-4H2,1-2H3,(H,15,16,17). The summed E-state index contributed by atoms with van der Waals surface area (Å²) in [5.41, 5.74) is 1.17. The number of hydrogen-bond donors (Lipinski definition) is 1. The Kier molecular flexibility index (Phi) is 4.12. The molecule has 2 rings (SSSR count). The molecule has 1 aromatic heterocycles. The maximum atomic E-state index is 5.80. The topological polar surface area (TPSA) is 47.0 Å². The highest BCUT2D eigenvalue weighted by molar-refractivity contribution is 5.40. The largest absolute Gasteiger partial charge is 0.439 e. The lowest BCUT2D eigenvalue weighted by atomic mass is 10.1. The molecule has 0 aliphatic carbocycles. The van der Waals surface area contributed by atoms with Gasteiger partial charge in [-0.05, 0) is 25.0 Å². The van der Waals surface area contributed by atoms with Gasteiger partial charge in [0.2, 0.25) is 5.88 Å². The number of ether oxygens (including phenoxy) is 1. The van der Waals surface area contributed by atoms with Gasteiger partial charge >= 0.3 is 0 Å². The molecule has 0 saturated heterocycles. The van der Waals surface area contributed by atoms with Crippen LogP contribution in [0.1, 0.15) is 19.4 Å². The van der Waals surface area contributed by atoms with E-state index in [0.717, 1.165) is 24.5 Å². The van der Waals surface area contributed by atoms with Crippen LogP contribution in [0.25, 0.3) is 0 Å². The summed E-state index contributed by atoms with van der Waals surface area (Å²) in [6, 6.07) is 9.78. The number of aromatic nitrogens is 2. The molecular weight excluding hydrogens is 226 g/mol. The van der Waals surface area contributed by atoms with E-state index in [1.165, 1.54) is 11.9 Å². The second-order valence-electron chi connectivity index (χ2n) is 3.84. The summed E-state index contributed by atoms with van der Waals surface area (Å²) in [5.74, 6) is 2.18. The van der Waals surface area contributed by atoms with Crippen LogP contribution < -0.4 is 10.1 Å². The fourth-order valence-electron chi connectivity index (χ4n) is 1.68. The Morgan fingerprint density at radius 1 is 1.17 bits per heavy atom. The highest BCUT2D eigenvalue weighted by Crippen LogP contribution is 2.24. The van der Waals surface area contributed by atoms with Crippen molar-refractivity contribution in [3.63, 3.8) is 0 Å². The van der Waals surface area contributed by atoms with Crippen LogP contribution in [0, 0.1) is 0 Å². The summed E-state index contributed by atoms with van der Waals surface area (Å²) in [7, 11) is 0. The van der Waals surface area contributed by atoms with E-state index in [-0.39, 0.29) is 0 Å². The smallest absolute Gasteiger partial charge is 0.224 e. The van der Waals surface area contributed by atoms with Gasteiger partial charge in [-0.1, -0.05) is 25.1 Å². The molecule has 94 valence electrons. The van der Waals surface area contributed by atoms with Crippen LogP contribution in [-0.4, -0.2) is 16.5 Å². The fourth-order valence-corrected chi connectivity index (χ4v) is 1.68. The minimum Gasteiger partial charge on any atom is -0.439 e. The molecule has 1 aromatic carbocycles. The number of nitrogens with zero attached hydrogens (tertiary/aromatic N) is 2. The number of rotatable bonds is 5. The highest BCUT2D eigenvalue weighted by Gasteiger charge is 2.04. The van der Waals surface area contributed by atoms with Gasteiger partial charge in [-0.2, -0.15) is 0 Å². The van der Waals surface area contributed by atoms with E-state index in [1.807, 2.05) is 25.1 Å². The zero-order valence-corrected chi connectivity index (χ0v) is 10.7. The SMILES string of the molecule is CCNc1cc(Oc2ccccc2CC)ncn1. The first-order valence-corrected chi connectivity index (χ1v) is 6.15. The average Bonchev–Trinajstić information content (AvgIpc) is 2.40. The van der Waals surface area contributed by atoms with Crippen LogP contribution in [0.2, 0.25) is 0 Å². The van der Waals surface area contributed by atoms with E-state index >= 15 is 0 Å². The Morgan fingerprint density at radius 3 is 2.78 bits per heavy atom. The van der Waals surface area contributed by atoms with Crippen molar-refractivity contribution in [1.29, 1.82) is 0 Å². The van der Waals surface area contributed by atoms with Crippen LogP contribution in [-0.2, 0) is 6.42 Å². The summed E-state index contributed by atoms with van der Waals surface area (Å²) in [6.07, 6.45) is 2.43. The molecule has 0 aliphatic heterocycles. The quantitative estimate of drug-likeness (QED) is 0.875. The van der Waals surface area contributed by atoms with E-state index in [9.17, 15) is 0 Å². The maximum Gasteiger partial charge on any atom is 0.224 e. The molecule has 0 fully saturated rings. The van der Waals surface area contributed by atoms with Gasteiger partial charge in [0.05, 0.1) is 0 Å². The summed E-state index contributed by atoms with van der Waals surface area (Å²) < 4.78 is 5.80. The van der Waals surface area contributed by atoms with E-state index in [0.29, 0.717) is 5.88 Å². The summed E-state index contributed by atoms with van der Waals surface area (Å²) in [4.78, 5) is 8.23. The Hall–Kier alpha value is -2.10. The second kappa shape index (κ2) is 6.00. The third-order valence-electron chi connectivity index (χ3n) is 2.57. The number of hydrogen-bond acceptors (Lipinski definition) is 4. The fraction of sp³-hybridized carbons (Fsp3) is 0.286. The molecule has 4 heteroatoms. The molecule has 0 radical (unpaired) electrons. The van der Waals surface area contributed by atoms with E-state index < -0.39 is 0 Å². The molecule has 2 aromatic rings. The molecule has 18 heavy (non-hydrogen) atoms. The van der Waals surface area contributed by atoms with Crippen molar-refractivity contribution >= 4 is 5.82 Å². The van der Waals surface area contributed by atoms with Crippen LogP contribution >= 0.6 is 0 Å². The number of para-hydroxylation sites is 1. The molecule has 0 aliphatic rings. The van der Waals surface area contributed by atoms with E-state index in [1.54, 1.807) is 6.07 Å². The number of nitrogens with one attached hydrogen (secondary N) is 1. The molecule has 0 saturated carbocycles. The highest BCUT2D eigenvalue weighted by atomic mass is 16.5. The summed E-state index contributed by atoms with van der Waals surface area (Å²) >= 11 is 0. The van der Waals surface area contributed by atoms with Crippen LogP contribution in [0.5, 0.6) is 11.6 Å². The second-order valence-corrected chi connectivity index (χ2v) is 3.84. The van der Waals surface area contributed by atoms with Gasteiger partial charge in [-0.25, -0.2) is 9.97 Å². The van der Waals surface area contributed by atoms with Crippen molar-refractivity contribution in [3.8, 4) is 11.6 Å². The Balaban J connectivity index is 2.20. The number of aryl methyl sites for hydroxylation is 1. The van der Waals surface area contributed by atoms with Crippen LogP contribution in [0.15, 0.2) is 36.7 Å². The van der Waals surface area contributed by atoms with Gasteiger partial charge in [0.15, 0.2) is 0 Å². The first-order valence-electron chi connectivity index (χ1n) is 6.15. The Morgan fingerprint density at radius 2 is 2.00 bits per heavy atom. The molecule has 0 bridgehead atoms. The lowest BCUT2D eigenvalue weighted by molar-refractivity contribution is 0.456. The van der Waals surface area contributed by atoms with E-state index in [2.05, 4.69) is 28.3 Å². The summed E-state index contributed by atoms with van der Waals surface area (Å²) in [6.45, 7) is 4.95. The van der Waals surface area contributed by atoms with Crippen molar-refractivity contribution in [2.75, 3.05) is 11.9 Å². The minimum atomic E-state index is 0.557. The first-order chi connectivity index (χ1) is 8.83. The van der Waals surface area contributed by atoms with Crippen molar-refractivity contribution in [2.24, 2.45) is 0 Å². The maximum absolute atomic E-state index is 5.80. The lowest BCUT2D eigenvalue weighted by Gasteiger charge is -2.09. The van der Waals surface area contributed by atoms with Crippen LogP contribution in [0.4, 0.5) is 5.82 Å². The van der Waals surface area contributed by atoms with Crippen LogP contribution in [0.3, 0.4) is 0 Å². The zero-order valence-electron chi connectivity index (χ0n) is 10.7. The molecule has 0 unspecified atom stereocenters.